The smallest absolute Gasteiger partial charge is 0.237 e. The zero-order chi connectivity index (χ0) is 14.2. The Hall–Kier alpha value is -1.68. The van der Waals surface area contributed by atoms with Crippen LogP contribution in [-0.4, -0.2) is 28.8 Å². The zero-order valence-corrected chi connectivity index (χ0v) is 11.5. The second-order valence-electron chi connectivity index (χ2n) is 5.87. The van der Waals surface area contributed by atoms with Crippen molar-refractivity contribution in [3.05, 3.63) is 35.9 Å². The fraction of sp³-hybridized carbons (Fsp3) is 0.500. The van der Waals surface area contributed by atoms with E-state index < -0.39 is 5.54 Å². The first-order valence-corrected chi connectivity index (χ1v) is 7.30. The molecule has 1 saturated heterocycles. The van der Waals surface area contributed by atoms with Gasteiger partial charge in [-0.2, -0.15) is 0 Å². The van der Waals surface area contributed by atoms with E-state index in [4.69, 9.17) is 5.73 Å². The fourth-order valence-corrected chi connectivity index (χ4v) is 3.63. The van der Waals surface area contributed by atoms with Crippen LogP contribution in [0.2, 0.25) is 0 Å². The third-order valence-electron chi connectivity index (χ3n) is 4.74. The van der Waals surface area contributed by atoms with E-state index in [1.165, 1.54) is 4.90 Å². The summed E-state index contributed by atoms with van der Waals surface area (Å²) in [6.07, 6.45) is 4.07. The minimum Gasteiger partial charge on any atom is -0.328 e. The van der Waals surface area contributed by atoms with Crippen LogP contribution in [0.25, 0.3) is 0 Å². The Morgan fingerprint density at radius 3 is 2.40 bits per heavy atom. The van der Waals surface area contributed by atoms with Crippen molar-refractivity contribution in [2.75, 3.05) is 6.54 Å². The minimum atomic E-state index is -0.419. The second kappa shape index (κ2) is 5.02. The number of rotatable bonds is 3. The van der Waals surface area contributed by atoms with Gasteiger partial charge < -0.3 is 5.73 Å². The monoisotopic (exact) mass is 272 g/mol. The van der Waals surface area contributed by atoms with E-state index in [9.17, 15) is 9.59 Å². The van der Waals surface area contributed by atoms with E-state index >= 15 is 0 Å². The van der Waals surface area contributed by atoms with Crippen molar-refractivity contribution in [2.24, 2.45) is 5.73 Å². The van der Waals surface area contributed by atoms with Crippen LogP contribution in [0.4, 0.5) is 0 Å². The van der Waals surface area contributed by atoms with Crippen molar-refractivity contribution in [3.8, 4) is 0 Å². The van der Waals surface area contributed by atoms with Crippen molar-refractivity contribution in [3.63, 3.8) is 0 Å². The Morgan fingerprint density at radius 2 is 1.80 bits per heavy atom. The topological polar surface area (TPSA) is 63.4 Å². The number of carbonyl (C=O) groups is 2. The first-order chi connectivity index (χ1) is 9.68. The molecule has 1 aliphatic heterocycles. The first kappa shape index (κ1) is 13.3. The highest BCUT2D eigenvalue weighted by Gasteiger charge is 2.50. The van der Waals surface area contributed by atoms with E-state index in [1.807, 2.05) is 30.3 Å². The maximum atomic E-state index is 12.7. The molecule has 4 heteroatoms. The van der Waals surface area contributed by atoms with E-state index in [2.05, 4.69) is 0 Å². The van der Waals surface area contributed by atoms with Gasteiger partial charge in [0, 0.05) is 13.0 Å². The molecule has 1 saturated carbocycles. The quantitative estimate of drug-likeness (QED) is 0.853. The van der Waals surface area contributed by atoms with Gasteiger partial charge >= 0.3 is 0 Å². The molecule has 1 heterocycles. The van der Waals surface area contributed by atoms with Crippen LogP contribution in [0.15, 0.2) is 30.3 Å². The van der Waals surface area contributed by atoms with Gasteiger partial charge in [0.1, 0.15) is 0 Å². The number of hydrogen-bond donors (Lipinski definition) is 1. The van der Waals surface area contributed by atoms with Gasteiger partial charge in [0.25, 0.3) is 0 Å². The van der Waals surface area contributed by atoms with Crippen molar-refractivity contribution >= 4 is 11.8 Å². The van der Waals surface area contributed by atoms with Crippen LogP contribution in [0.1, 0.15) is 43.6 Å². The fourth-order valence-electron chi connectivity index (χ4n) is 3.63. The standard InChI is InChI=1S/C16H20N2O2/c17-11-16(8-4-5-9-16)18-14(19)10-13(15(18)20)12-6-2-1-3-7-12/h1-3,6-7,13H,4-5,8-11,17H2. The number of benzene rings is 1. The average Bonchev–Trinajstić information content (AvgIpc) is 3.05. The highest BCUT2D eigenvalue weighted by atomic mass is 16.2. The third-order valence-corrected chi connectivity index (χ3v) is 4.74. The first-order valence-electron chi connectivity index (χ1n) is 7.30. The number of carbonyl (C=O) groups excluding carboxylic acids is 2. The maximum Gasteiger partial charge on any atom is 0.237 e. The molecule has 1 aromatic rings. The molecule has 106 valence electrons. The summed E-state index contributed by atoms with van der Waals surface area (Å²) in [6.45, 7) is 0.381. The molecule has 1 aromatic carbocycles. The average molecular weight is 272 g/mol. The molecule has 0 spiro atoms. The summed E-state index contributed by atoms with van der Waals surface area (Å²) < 4.78 is 0. The molecule has 0 bridgehead atoms. The van der Waals surface area contributed by atoms with Gasteiger partial charge in [-0.15, -0.1) is 0 Å². The van der Waals surface area contributed by atoms with Crippen LogP contribution in [0.3, 0.4) is 0 Å². The molecule has 1 unspecified atom stereocenters. The van der Waals surface area contributed by atoms with Gasteiger partial charge in [0.15, 0.2) is 0 Å². The van der Waals surface area contributed by atoms with Crippen molar-refractivity contribution in [1.29, 1.82) is 0 Å². The van der Waals surface area contributed by atoms with E-state index in [0.717, 1.165) is 31.2 Å². The van der Waals surface area contributed by atoms with Crippen LogP contribution < -0.4 is 5.73 Å². The van der Waals surface area contributed by atoms with E-state index in [1.54, 1.807) is 0 Å². The second-order valence-corrected chi connectivity index (χ2v) is 5.87. The lowest BCUT2D eigenvalue weighted by Crippen LogP contribution is -2.54. The van der Waals surface area contributed by atoms with Gasteiger partial charge in [-0.1, -0.05) is 43.2 Å². The third kappa shape index (κ3) is 1.95. The van der Waals surface area contributed by atoms with E-state index in [0.29, 0.717) is 6.54 Å². The Labute approximate surface area is 118 Å². The maximum absolute atomic E-state index is 12.7. The Kier molecular flexibility index (Phi) is 3.34. The molecule has 2 N–H and O–H groups in total. The largest absolute Gasteiger partial charge is 0.328 e. The molecular formula is C16H20N2O2. The van der Waals surface area contributed by atoms with Gasteiger partial charge in [0.05, 0.1) is 11.5 Å². The van der Waals surface area contributed by atoms with Crippen LogP contribution >= 0.6 is 0 Å². The molecular weight excluding hydrogens is 252 g/mol. The summed E-state index contributed by atoms with van der Waals surface area (Å²) >= 11 is 0. The zero-order valence-electron chi connectivity index (χ0n) is 11.5. The summed E-state index contributed by atoms with van der Waals surface area (Å²) in [5.41, 5.74) is 6.42. The number of likely N-dealkylation sites (tertiary alicyclic amines) is 1. The molecule has 2 aliphatic rings. The van der Waals surface area contributed by atoms with Gasteiger partial charge in [0.2, 0.25) is 11.8 Å². The summed E-state index contributed by atoms with van der Waals surface area (Å²) in [7, 11) is 0. The molecule has 1 aliphatic carbocycles. The molecule has 0 radical (unpaired) electrons. The van der Waals surface area contributed by atoms with Crippen molar-refractivity contribution < 1.29 is 9.59 Å². The normalized spacial score (nSPS) is 25.4. The van der Waals surface area contributed by atoms with Crippen LogP contribution in [0.5, 0.6) is 0 Å². The van der Waals surface area contributed by atoms with Gasteiger partial charge in [-0.3, -0.25) is 14.5 Å². The predicted octanol–water partition coefficient (Wildman–Crippen LogP) is 1.80. The Morgan fingerprint density at radius 1 is 1.15 bits per heavy atom. The highest BCUT2D eigenvalue weighted by Crippen LogP contribution is 2.41. The number of nitrogens with zero attached hydrogens (tertiary/aromatic N) is 1. The lowest BCUT2D eigenvalue weighted by Gasteiger charge is -2.36. The van der Waals surface area contributed by atoms with Crippen molar-refractivity contribution in [1.82, 2.24) is 4.90 Å². The number of hydrogen-bond acceptors (Lipinski definition) is 3. The molecule has 4 nitrogen and oxygen atoms in total. The van der Waals surface area contributed by atoms with Crippen molar-refractivity contribution in [2.45, 2.75) is 43.6 Å². The Bertz CT molecular complexity index is 521. The van der Waals surface area contributed by atoms with Crippen LogP contribution in [-0.2, 0) is 9.59 Å². The van der Waals surface area contributed by atoms with E-state index in [-0.39, 0.29) is 24.2 Å². The highest BCUT2D eigenvalue weighted by molar-refractivity contribution is 6.07. The molecule has 3 rings (SSSR count). The molecule has 1 atom stereocenters. The molecule has 20 heavy (non-hydrogen) atoms. The predicted molar refractivity (Wildman–Crippen MR) is 75.9 cm³/mol. The molecule has 2 fully saturated rings. The number of nitrogens with two attached hydrogens (primary N) is 1. The molecule has 0 aromatic heterocycles. The van der Waals surface area contributed by atoms with Crippen LogP contribution in [0, 0.1) is 0 Å². The molecule has 2 amide bonds. The van der Waals surface area contributed by atoms with Gasteiger partial charge in [-0.25, -0.2) is 0 Å². The summed E-state index contributed by atoms with van der Waals surface area (Å²) in [5.74, 6) is -0.447. The SMILES string of the molecule is NCC1(N2C(=O)CC(c3ccccc3)C2=O)CCCC1. The minimum absolute atomic E-state index is 0.0591. The lowest BCUT2D eigenvalue weighted by atomic mass is 9.94. The summed E-state index contributed by atoms with van der Waals surface area (Å²) in [4.78, 5) is 26.6. The van der Waals surface area contributed by atoms with Gasteiger partial charge in [-0.05, 0) is 18.4 Å². The number of imide groups is 1. The summed E-state index contributed by atoms with van der Waals surface area (Å²) in [5, 5.41) is 0. The number of amides is 2. The summed E-state index contributed by atoms with van der Waals surface area (Å²) in [6, 6.07) is 9.57. The Balaban J connectivity index is 1.91. The lowest BCUT2D eigenvalue weighted by molar-refractivity contribution is -0.145.